The van der Waals surface area contributed by atoms with Crippen LogP contribution in [0.25, 0.3) is 0 Å². The number of carboxylic acid groups (broad SMARTS) is 1. The van der Waals surface area contributed by atoms with Crippen molar-refractivity contribution in [1.29, 1.82) is 0 Å². The molecule has 2 nitrogen and oxygen atoms in total. The van der Waals surface area contributed by atoms with Crippen LogP contribution in [0.4, 0.5) is 0 Å². The zero-order valence-corrected chi connectivity index (χ0v) is 14.9. The van der Waals surface area contributed by atoms with Gasteiger partial charge in [-0.15, -0.1) is 0 Å². The molecule has 2 heteroatoms. The maximum absolute atomic E-state index is 12.2. The van der Waals surface area contributed by atoms with Gasteiger partial charge in [0.25, 0.3) is 0 Å². The zero-order valence-electron chi connectivity index (χ0n) is 14.9. The van der Waals surface area contributed by atoms with Crippen LogP contribution < -0.4 is 0 Å². The fourth-order valence-electron chi connectivity index (χ4n) is 3.50. The molecular weight excluding hydrogens is 260 g/mol. The number of carboxylic acids is 1. The van der Waals surface area contributed by atoms with Gasteiger partial charge < -0.3 is 5.11 Å². The minimum Gasteiger partial charge on any atom is -0.481 e. The lowest BCUT2D eigenvalue weighted by atomic mass is 9.65. The topological polar surface area (TPSA) is 37.3 Å². The van der Waals surface area contributed by atoms with Crippen LogP contribution in [0.2, 0.25) is 0 Å². The molecule has 0 aromatic rings. The number of hydrogen-bond acceptors (Lipinski definition) is 1. The Labute approximate surface area is 132 Å². The van der Waals surface area contributed by atoms with Crippen molar-refractivity contribution in [3.05, 3.63) is 0 Å². The van der Waals surface area contributed by atoms with E-state index in [0.29, 0.717) is 5.92 Å². The molecular formula is C19H38O2. The third-order valence-electron chi connectivity index (χ3n) is 4.97. The molecule has 0 saturated carbocycles. The molecule has 0 aromatic carbocycles. The van der Waals surface area contributed by atoms with Crippen LogP contribution in [0.15, 0.2) is 0 Å². The number of unbranched alkanes of at least 4 members (excludes halogenated alkanes) is 4. The van der Waals surface area contributed by atoms with Gasteiger partial charge in [0.1, 0.15) is 0 Å². The molecule has 0 unspecified atom stereocenters. The molecule has 0 aromatic heterocycles. The molecule has 0 aliphatic carbocycles. The summed E-state index contributed by atoms with van der Waals surface area (Å²) in [6, 6.07) is 0. The average Bonchev–Trinajstić information content (AvgIpc) is 2.48. The summed E-state index contributed by atoms with van der Waals surface area (Å²) in [4.78, 5) is 12.2. The van der Waals surface area contributed by atoms with Gasteiger partial charge in [0.2, 0.25) is 0 Å². The van der Waals surface area contributed by atoms with Gasteiger partial charge in [-0.1, -0.05) is 79.1 Å². The second-order valence-electron chi connectivity index (χ2n) is 6.65. The van der Waals surface area contributed by atoms with Gasteiger partial charge in [-0.05, 0) is 31.6 Å². The Morgan fingerprint density at radius 3 is 1.48 bits per heavy atom. The number of rotatable bonds is 14. The van der Waals surface area contributed by atoms with Crippen LogP contribution in [0, 0.1) is 11.3 Å². The van der Waals surface area contributed by atoms with Crippen LogP contribution >= 0.6 is 0 Å². The van der Waals surface area contributed by atoms with Crippen LogP contribution in [0.5, 0.6) is 0 Å². The molecule has 0 saturated heterocycles. The van der Waals surface area contributed by atoms with E-state index in [-0.39, 0.29) is 0 Å². The summed E-state index contributed by atoms with van der Waals surface area (Å²) in [5.74, 6) is -0.158. The summed E-state index contributed by atoms with van der Waals surface area (Å²) < 4.78 is 0. The first-order valence-corrected chi connectivity index (χ1v) is 9.32. The standard InChI is InChI=1S/C19H38O2/c1-5-9-13-17(14-10-6-2)19(18(20)21,15-11-7-3)16-12-8-4/h17H,5-16H2,1-4H3,(H,20,21). The van der Waals surface area contributed by atoms with Crippen molar-refractivity contribution in [3.8, 4) is 0 Å². The van der Waals surface area contributed by atoms with E-state index >= 15 is 0 Å². The first-order valence-electron chi connectivity index (χ1n) is 9.32. The highest BCUT2D eigenvalue weighted by Crippen LogP contribution is 2.44. The van der Waals surface area contributed by atoms with E-state index in [1.54, 1.807) is 0 Å². The molecule has 0 aliphatic heterocycles. The summed E-state index contributed by atoms with van der Waals surface area (Å²) in [6.07, 6.45) is 12.9. The zero-order chi connectivity index (χ0) is 16.1. The first kappa shape index (κ1) is 20.5. The predicted octanol–water partition coefficient (Wildman–Crippen LogP) is 6.43. The monoisotopic (exact) mass is 298 g/mol. The lowest BCUT2D eigenvalue weighted by Crippen LogP contribution is -2.39. The minimum absolute atomic E-state index is 0.369. The Kier molecular flexibility index (Phi) is 11.8. The van der Waals surface area contributed by atoms with Gasteiger partial charge in [-0.25, -0.2) is 0 Å². The molecule has 0 radical (unpaired) electrons. The molecule has 0 heterocycles. The van der Waals surface area contributed by atoms with Crippen molar-refractivity contribution in [2.45, 2.75) is 105 Å². The lowest BCUT2D eigenvalue weighted by Gasteiger charge is -2.38. The van der Waals surface area contributed by atoms with E-state index in [4.69, 9.17) is 0 Å². The highest BCUT2D eigenvalue weighted by Gasteiger charge is 2.43. The molecule has 0 atom stereocenters. The van der Waals surface area contributed by atoms with Crippen LogP contribution in [0.3, 0.4) is 0 Å². The summed E-state index contributed by atoms with van der Waals surface area (Å²) in [7, 11) is 0. The van der Waals surface area contributed by atoms with Crippen molar-refractivity contribution in [2.75, 3.05) is 0 Å². The van der Waals surface area contributed by atoms with Crippen molar-refractivity contribution < 1.29 is 9.90 Å². The number of hydrogen-bond donors (Lipinski definition) is 1. The highest BCUT2D eigenvalue weighted by molar-refractivity contribution is 5.75. The normalized spacial score (nSPS) is 12.0. The molecule has 0 amide bonds. The molecule has 0 rings (SSSR count). The highest BCUT2D eigenvalue weighted by atomic mass is 16.4. The Hall–Kier alpha value is -0.530. The van der Waals surface area contributed by atoms with Gasteiger partial charge in [0.15, 0.2) is 0 Å². The summed E-state index contributed by atoms with van der Waals surface area (Å²) >= 11 is 0. The minimum atomic E-state index is -0.526. The molecule has 1 N–H and O–H groups in total. The van der Waals surface area contributed by atoms with Crippen molar-refractivity contribution in [1.82, 2.24) is 0 Å². The Morgan fingerprint density at radius 1 is 0.810 bits per heavy atom. The third-order valence-corrected chi connectivity index (χ3v) is 4.97. The van der Waals surface area contributed by atoms with Gasteiger partial charge in [-0.2, -0.15) is 0 Å². The van der Waals surface area contributed by atoms with E-state index < -0.39 is 11.4 Å². The van der Waals surface area contributed by atoms with E-state index in [9.17, 15) is 9.90 Å². The number of carbonyl (C=O) groups is 1. The lowest BCUT2D eigenvalue weighted by molar-refractivity contribution is -0.155. The fourth-order valence-corrected chi connectivity index (χ4v) is 3.50. The molecule has 21 heavy (non-hydrogen) atoms. The Bertz CT molecular complexity index is 244. The van der Waals surface area contributed by atoms with Gasteiger partial charge in [-0.3, -0.25) is 4.79 Å². The molecule has 126 valence electrons. The second-order valence-corrected chi connectivity index (χ2v) is 6.65. The van der Waals surface area contributed by atoms with Crippen LogP contribution in [-0.4, -0.2) is 11.1 Å². The quantitative estimate of drug-likeness (QED) is 0.401. The van der Waals surface area contributed by atoms with E-state index in [1.807, 2.05) is 0 Å². The van der Waals surface area contributed by atoms with Crippen molar-refractivity contribution in [3.63, 3.8) is 0 Å². The van der Waals surface area contributed by atoms with E-state index in [1.165, 1.54) is 25.7 Å². The summed E-state index contributed by atoms with van der Waals surface area (Å²) in [6.45, 7) is 8.74. The molecule has 0 aliphatic rings. The molecule has 0 spiro atoms. The number of aliphatic carboxylic acids is 1. The second kappa shape index (κ2) is 12.1. The van der Waals surface area contributed by atoms with Crippen molar-refractivity contribution >= 4 is 5.97 Å². The van der Waals surface area contributed by atoms with Crippen molar-refractivity contribution in [2.24, 2.45) is 11.3 Å². The average molecular weight is 299 g/mol. The first-order chi connectivity index (χ1) is 10.1. The maximum Gasteiger partial charge on any atom is 0.309 e. The predicted molar refractivity (Wildman–Crippen MR) is 91.7 cm³/mol. The SMILES string of the molecule is CCCCC(CCCC)C(CCCC)(CCCC)C(=O)O. The van der Waals surface area contributed by atoms with Gasteiger partial charge in [0.05, 0.1) is 5.41 Å². The van der Waals surface area contributed by atoms with Gasteiger partial charge in [0, 0.05) is 0 Å². The van der Waals surface area contributed by atoms with Crippen LogP contribution in [0.1, 0.15) is 105 Å². The van der Waals surface area contributed by atoms with E-state index in [2.05, 4.69) is 27.7 Å². The Morgan fingerprint density at radius 2 is 1.19 bits per heavy atom. The smallest absolute Gasteiger partial charge is 0.309 e. The Balaban J connectivity index is 5.21. The molecule has 0 bridgehead atoms. The largest absolute Gasteiger partial charge is 0.481 e. The molecule has 0 fully saturated rings. The van der Waals surface area contributed by atoms with Crippen LogP contribution in [-0.2, 0) is 4.79 Å². The fraction of sp³-hybridized carbons (Fsp3) is 0.947. The van der Waals surface area contributed by atoms with Gasteiger partial charge >= 0.3 is 5.97 Å². The van der Waals surface area contributed by atoms with E-state index in [0.717, 1.165) is 51.4 Å². The summed E-state index contributed by atoms with van der Waals surface area (Å²) in [5, 5.41) is 10.0. The third kappa shape index (κ3) is 6.84. The summed E-state index contributed by atoms with van der Waals surface area (Å²) in [5.41, 5.74) is -0.462. The maximum atomic E-state index is 12.2.